The van der Waals surface area contributed by atoms with Crippen LogP contribution in [0.1, 0.15) is 62.2 Å². The Kier molecular flexibility index (Phi) is 7.94. The molecule has 0 aliphatic carbocycles. The quantitative estimate of drug-likeness (QED) is 0.186. The first-order valence-corrected chi connectivity index (χ1v) is 13.1. The van der Waals surface area contributed by atoms with Crippen molar-refractivity contribution in [2.24, 2.45) is 0 Å². The first-order valence-electron chi connectivity index (χ1n) is 13.1. The average Bonchev–Trinajstić information content (AvgIpc) is 3.38. The van der Waals surface area contributed by atoms with Crippen molar-refractivity contribution in [2.45, 2.75) is 65.3 Å². The number of benzene rings is 2. The number of aliphatic carboxylic acids is 1. The molecule has 1 aliphatic rings. The number of carbonyl (C=O) groups excluding carboxylic acids is 2. The van der Waals surface area contributed by atoms with Crippen LogP contribution in [0, 0.1) is 6.92 Å². The molecular formula is C30H32N2O9. The van der Waals surface area contributed by atoms with E-state index in [1.54, 1.807) is 49.1 Å². The van der Waals surface area contributed by atoms with Gasteiger partial charge in [0.15, 0.2) is 5.76 Å². The Morgan fingerprint density at radius 1 is 1.07 bits per heavy atom. The van der Waals surface area contributed by atoms with Crippen molar-refractivity contribution in [3.8, 4) is 17.1 Å². The molecule has 0 fully saturated rings. The van der Waals surface area contributed by atoms with Gasteiger partial charge in [0.05, 0.1) is 5.70 Å². The van der Waals surface area contributed by atoms with Gasteiger partial charge in [-0.2, -0.15) is 0 Å². The molecule has 2 heterocycles. The van der Waals surface area contributed by atoms with E-state index >= 15 is 0 Å². The molecule has 216 valence electrons. The van der Waals surface area contributed by atoms with E-state index < -0.39 is 34.8 Å². The SMILES string of the molecule is CCCC1(C)NC(C(C)(C)O)=C(C(=O)Oc2oc(=O)oc2C)N1Cc1ccc(-c2ccccc2C(=O)C(=O)O)cc1. The van der Waals surface area contributed by atoms with Crippen LogP contribution in [0.15, 0.2) is 73.6 Å². The minimum Gasteiger partial charge on any atom is -0.475 e. The number of aryl methyl sites for hydroxylation is 1. The van der Waals surface area contributed by atoms with Gasteiger partial charge >= 0.3 is 23.7 Å². The van der Waals surface area contributed by atoms with Crippen LogP contribution in [-0.4, -0.2) is 44.1 Å². The third-order valence-corrected chi connectivity index (χ3v) is 6.90. The summed E-state index contributed by atoms with van der Waals surface area (Å²) in [5.74, 6) is -4.76. The number of hydrogen-bond acceptors (Lipinski definition) is 10. The van der Waals surface area contributed by atoms with Gasteiger partial charge in [0.1, 0.15) is 17.0 Å². The highest BCUT2D eigenvalue weighted by Crippen LogP contribution is 2.38. The fourth-order valence-corrected chi connectivity index (χ4v) is 4.95. The first-order chi connectivity index (χ1) is 19.2. The van der Waals surface area contributed by atoms with Crippen molar-refractivity contribution < 1.29 is 38.2 Å². The summed E-state index contributed by atoms with van der Waals surface area (Å²) in [4.78, 5) is 50.4. The summed E-state index contributed by atoms with van der Waals surface area (Å²) in [6.07, 6.45) is 1.36. The molecule has 0 bridgehead atoms. The number of nitrogens with zero attached hydrogens (tertiary/aromatic N) is 1. The largest absolute Gasteiger partial charge is 0.521 e. The third-order valence-electron chi connectivity index (χ3n) is 6.90. The molecule has 41 heavy (non-hydrogen) atoms. The van der Waals surface area contributed by atoms with Crippen molar-refractivity contribution in [3.05, 3.63) is 87.4 Å². The third kappa shape index (κ3) is 5.94. The Hall–Kier alpha value is -4.64. The molecule has 0 radical (unpaired) electrons. The van der Waals surface area contributed by atoms with Gasteiger partial charge in [0, 0.05) is 19.0 Å². The van der Waals surface area contributed by atoms with Crippen LogP contribution in [-0.2, 0) is 16.1 Å². The normalized spacial score (nSPS) is 17.0. The van der Waals surface area contributed by atoms with Gasteiger partial charge in [-0.15, -0.1) is 0 Å². The first kappa shape index (κ1) is 29.3. The van der Waals surface area contributed by atoms with Crippen LogP contribution in [0.25, 0.3) is 11.1 Å². The Labute approximate surface area is 236 Å². The number of nitrogens with one attached hydrogen (secondary N) is 1. The maximum Gasteiger partial charge on any atom is 0.521 e. The molecule has 1 aliphatic heterocycles. The highest BCUT2D eigenvalue weighted by molar-refractivity contribution is 6.41. The average molecular weight is 565 g/mol. The predicted molar refractivity (Wildman–Crippen MR) is 147 cm³/mol. The maximum atomic E-state index is 13.6. The van der Waals surface area contributed by atoms with E-state index in [1.165, 1.54) is 13.0 Å². The monoisotopic (exact) mass is 564 g/mol. The number of Topliss-reactive ketones (excluding diaryl/α,β-unsaturated/α-hetero) is 1. The van der Waals surface area contributed by atoms with E-state index in [2.05, 4.69) is 5.32 Å². The fraction of sp³-hybridized carbons (Fsp3) is 0.333. The summed E-state index contributed by atoms with van der Waals surface area (Å²) in [7, 11) is 0. The number of rotatable bonds is 10. The van der Waals surface area contributed by atoms with Crippen LogP contribution in [0.4, 0.5) is 0 Å². The Morgan fingerprint density at radius 2 is 1.73 bits per heavy atom. The van der Waals surface area contributed by atoms with Crippen molar-refractivity contribution >= 4 is 17.7 Å². The van der Waals surface area contributed by atoms with E-state index in [9.17, 15) is 29.4 Å². The lowest BCUT2D eigenvalue weighted by atomic mass is 9.96. The summed E-state index contributed by atoms with van der Waals surface area (Å²) in [5.41, 5.74) is 0.0729. The molecule has 3 N–H and O–H groups in total. The van der Waals surface area contributed by atoms with Crippen LogP contribution >= 0.6 is 0 Å². The van der Waals surface area contributed by atoms with E-state index in [-0.39, 0.29) is 35.2 Å². The summed E-state index contributed by atoms with van der Waals surface area (Å²) >= 11 is 0. The van der Waals surface area contributed by atoms with E-state index in [0.29, 0.717) is 17.5 Å². The Bertz CT molecular complexity index is 1570. The second kappa shape index (κ2) is 11.1. The predicted octanol–water partition coefficient (Wildman–Crippen LogP) is 3.99. The standard InChI is InChI=1S/C30H32N2O9/c1-6-15-30(5)31-24(29(3,4)38)22(26(36)40-27-17(2)39-28(37)41-27)32(30)16-18-11-13-19(14-12-18)20-9-7-8-10-21(20)23(33)25(34)35/h7-14,31,38H,6,15-16H2,1-5H3,(H,34,35). The zero-order valence-corrected chi connectivity index (χ0v) is 23.4. The minimum atomic E-state index is -1.54. The molecule has 0 saturated heterocycles. The molecule has 11 nitrogen and oxygen atoms in total. The Balaban J connectivity index is 1.72. The second-order valence-corrected chi connectivity index (χ2v) is 10.6. The maximum absolute atomic E-state index is 13.6. The smallest absolute Gasteiger partial charge is 0.475 e. The van der Waals surface area contributed by atoms with E-state index in [1.807, 2.05) is 26.0 Å². The second-order valence-electron chi connectivity index (χ2n) is 10.6. The van der Waals surface area contributed by atoms with Gasteiger partial charge in [0.25, 0.3) is 5.78 Å². The van der Waals surface area contributed by atoms with Crippen LogP contribution in [0.3, 0.4) is 0 Å². The van der Waals surface area contributed by atoms with Gasteiger partial charge in [-0.1, -0.05) is 61.9 Å². The number of ether oxygens (including phenoxy) is 1. The lowest BCUT2D eigenvalue weighted by molar-refractivity contribution is -0.134. The van der Waals surface area contributed by atoms with Gasteiger partial charge in [-0.3, -0.25) is 4.79 Å². The molecule has 0 amide bonds. The van der Waals surface area contributed by atoms with Crippen molar-refractivity contribution in [1.82, 2.24) is 10.2 Å². The summed E-state index contributed by atoms with van der Waals surface area (Å²) in [6, 6.07) is 13.6. The van der Waals surface area contributed by atoms with Crippen LogP contribution < -0.4 is 15.9 Å². The van der Waals surface area contributed by atoms with Crippen LogP contribution in [0.2, 0.25) is 0 Å². The molecule has 1 aromatic heterocycles. The van der Waals surface area contributed by atoms with E-state index in [0.717, 1.165) is 12.0 Å². The van der Waals surface area contributed by atoms with Gasteiger partial charge in [-0.25, -0.2) is 14.4 Å². The molecule has 4 rings (SSSR count). The van der Waals surface area contributed by atoms with Gasteiger partial charge in [-0.05, 0) is 43.9 Å². The van der Waals surface area contributed by atoms with Crippen molar-refractivity contribution in [1.29, 1.82) is 0 Å². The van der Waals surface area contributed by atoms with Crippen molar-refractivity contribution in [2.75, 3.05) is 0 Å². The van der Waals surface area contributed by atoms with Gasteiger partial charge in [0.2, 0.25) is 0 Å². The molecule has 0 saturated carbocycles. The summed E-state index contributed by atoms with van der Waals surface area (Å²) < 4.78 is 15.1. The lowest BCUT2D eigenvalue weighted by Crippen LogP contribution is -2.51. The number of aliphatic hydroxyl groups is 1. The van der Waals surface area contributed by atoms with Gasteiger partial charge < -0.3 is 34.0 Å². The lowest BCUT2D eigenvalue weighted by Gasteiger charge is -2.38. The highest BCUT2D eigenvalue weighted by atomic mass is 16.7. The zero-order valence-electron chi connectivity index (χ0n) is 23.4. The number of carboxylic acids is 1. The van der Waals surface area contributed by atoms with E-state index in [4.69, 9.17) is 13.6 Å². The van der Waals surface area contributed by atoms with Crippen molar-refractivity contribution in [3.63, 3.8) is 0 Å². The molecule has 2 aromatic carbocycles. The number of ketones is 1. The van der Waals surface area contributed by atoms with Crippen LogP contribution in [0.5, 0.6) is 5.95 Å². The summed E-state index contributed by atoms with van der Waals surface area (Å²) in [6.45, 7) is 8.65. The number of carboxylic acid groups (broad SMARTS) is 1. The number of esters is 1. The topological polar surface area (TPSA) is 160 Å². The zero-order chi connectivity index (χ0) is 30.1. The highest BCUT2D eigenvalue weighted by Gasteiger charge is 2.48. The summed E-state index contributed by atoms with van der Waals surface area (Å²) in [5, 5.41) is 23.5. The number of carbonyl (C=O) groups is 3. The molecule has 1 atom stereocenters. The minimum absolute atomic E-state index is 0.000153. The molecule has 1 unspecified atom stereocenters. The number of hydrogen-bond donors (Lipinski definition) is 3. The Morgan fingerprint density at radius 3 is 2.29 bits per heavy atom. The fourth-order valence-electron chi connectivity index (χ4n) is 4.95. The molecular weight excluding hydrogens is 532 g/mol. The molecule has 0 spiro atoms. The molecule has 11 heteroatoms. The molecule has 3 aromatic rings.